The molecule has 0 aromatic heterocycles. The molecule has 0 saturated carbocycles. The number of hydrogen-bond acceptors (Lipinski definition) is 7. The van der Waals surface area contributed by atoms with Crippen LogP contribution in [0.1, 0.15) is 40.9 Å². The van der Waals surface area contributed by atoms with E-state index in [1.54, 1.807) is 48.2 Å². The molecular weight excluding hydrogens is 633 g/mol. The van der Waals surface area contributed by atoms with Crippen molar-refractivity contribution >= 4 is 21.4 Å². The SMILES string of the molecule is CCS(=O)(=O)c1ccc(C(CN(C)C)NC(=O)c2ccc(N3C[C@@H](Oc4ccc(C(F)(F)F)cc4)C[C@H]3COC(F)F)cc2)cc1. The van der Waals surface area contributed by atoms with Crippen molar-refractivity contribution in [2.75, 3.05) is 44.4 Å². The van der Waals surface area contributed by atoms with Crippen LogP contribution in [0.5, 0.6) is 5.75 Å². The number of anilines is 1. The lowest BCUT2D eigenvalue weighted by Crippen LogP contribution is -2.35. The number of alkyl halides is 5. The average Bonchev–Trinajstić information content (AvgIpc) is 3.41. The standard InChI is InChI=1S/C32H36F5N3O5S/c1-4-46(42,43)28-15-7-21(8-16-28)29(19-39(2)3)38-30(41)22-5-11-24(12-6-22)40-18-27(17-25(40)20-44-31(33)34)45-26-13-9-23(10-14-26)32(35,36)37/h5-16,25,27,29,31H,4,17-20H2,1-3H3,(H,38,41)/t25-,27-,29?/m0/s1. The van der Waals surface area contributed by atoms with Crippen molar-refractivity contribution in [3.63, 3.8) is 0 Å². The minimum atomic E-state index is -4.48. The van der Waals surface area contributed by atoms with Crippen molar-refractivity contribution in [1.82, 2.24) is 10.2 Å². The Morgan fingerprint density at radius 3 is 2.17 bits per heavy atom. The topological polar surface area (TPSA) is 88.2 Å². The average molecular weight is 670 g/mol. The fourth-order valence-corrected chi connectivity index (χ4v) is 6.14. The van der Waals surface area contributed by atoms with Crippen molar-refractivity contribution in [3.05, 3.63) is 89.5 Å². The normalized spacial score (nSPS) is 17.8. The monoisotopic (exact) mass is 669 g/mol. The third-order valence-corrected chi connectivity index (χ3v) is 9.36. The highest BCUT2D eigenvalue weighted by molar-refractivity contribution is 7.91. The predicted octanol–water partition coefficient (Wildman–Crippen LogP) is 5.80. The number of sulfone groups is 1. The van der Waals surface area contributed by atoms with E-state index in [4.69, 9.17) is 4.74 Å². The van der Waals surface area contributed by atoms with Crippen LogP contribution in [-0.4, -0.2) is 77.5 Å². The van der Waals surface area contributed by atoms with E-state index in [0.29, 0.717) is 17.8 Å². The number of carbonyl (C=O) groups excluding carboxylic acids is 1. The number of carbonyl (C=O) groups is 1. The van der Waals surface area contributed by atoms with E-state index in [2.05, 4.69) is 10.1 Å². The number of likely N-dealkylation sites (N-methyl/N-ethyl adjacent to an activating group) is 1. The quantitative estimate of drug-likeness (QED) is 0.231. The van der Waals surface area contributed by atoms with E-state index in [1.165, 1.54) is 24.3 Å². The van der Waals surface area contributed by atoms with Gasteiger partial charge in [-0.3, -0.25) is 4.79 Å². The number of halogens is 5. The molecule has 1 amide bonds. The Hall–Kier alpha value is -3.75. The molecule has 46 heavy (non-hydrogen) atoms. The lowest BCUT2D eigenvalue weighted by Gasteiger charge is -2.26. The Bertz CT molecular complexity index is 1550. The third kappa shape index (κ3) is 9.17. The van der Waals surface area contributed by atoms with Gasteiger partial charge in [0.2, 0.25) is 0 Å². The third-order valence-electron chi connectivity index (χ3n) is 7.61. The van der Waals surface area contributed by atoms with Crippen molar-refractivity contribution in [2.45, 2.75) is 49.2 Å². The van der Waals surface area contributed by atoms with Gasteiger partial charge in [0.15, 0.2) is 9.84 Å². The molecular formula is C32H36F5N3O5S. The fourth-order valence-electron chi connectivity index (χ4n) is 5.25. The molecule has 3 aromatic rings. The van der Waals surface area contributed by atoms with Crippen LogP contribution in [0.4, 0.5) is 27.6 Å². The Labute approximate surface area is 265 Å². The number of nitrogens with zero attached hydrogens (tertiary/aromatic N) is 2. The molecule has 8 nitrogen and oxygen atoms in total. The summed E-state index contributed by atoms with van der Waals surface area (Å²) in [6, 6.07) is 16.3. The van der Waals surface area contributed by atoms with Crippen LogP contribution >= 0.6 is 0 Å². The van der Waals surface area contributed by atoms with Crippen LogP contribution in [-0.2, 0) is 20.8 Å². The Kier molecular flexibility index (Phi) is 11.3. The van der Waals surface area contributed by atoms with E-state index in [0.717, 1.165) is 17.7 Å². The molecule has 1 N–H and O–H groups in total. The van der Waals surface area contributed by atoms with Gasteiger partial charge < -0.3 is 24.6 Å². The maximum absolute atomic E-state index is 13.3. The van der Waals surface area contributed by atoms with Gasteiger partial charge in [-0.2, -0.15) is 22.0 Å². The predicted molar refractivity (Wildman–Crippen MR) is 163 cm³/mol. The molecule has 1 fully saturated rings. The van der Waals surface area contributed by atoms with Crippen molar-refractivity contribution < 1.29 is 44.6 Å². The van der Waals surface area contributed by atoms with Gasteiger partial charge in [-0.25, -0.2) is 8.42 Å². The summed E-state index contributed by atoms with van der Waals surface area (Å²) in [7, 11) is 0.329. The maximum atomic E-state index is 13.3. The zero-order chi connectivity index (χ0) is 33.6. The summed E-state index contributed by atoms with van der Waals surface area (Å²) in [5, 5.41) is 2.99. The number of nitrogens with one attached hydrogen (secondary N) is 1. The Morgan fingerprint density at radius 2 is 1.63 bits per heavy atom. The molecule has 3 aromatic carbocycles. The van der Waals surface area contributed by atoms with Crippen molar-refractivity contribution in [3.8, 4) is 5.75 Å². The lowest BCUT2D eigenvalue weighted by atomic mass is 10.1. The first-order valence-electron chi connectivity index (χ1n) is 14.5. The minimum absolute atomic E-state index is 0.0234. The van der Waals surface area contributed by atoms with E-state index >= 15 is 0 Å². The number of amides is 1. The van der Waals surface area contributed by atoms with Gasteiger partial charge in [-0.05, 0) is 80.3 Å². The van der Waals surface area contributed by atoms with Gasteiger partial charge in [0.05, 0.1) is 41.4 Å². The summed E-state index contributed by atoms with van der Waals surface area (Å²) in [5.74, 6) is -0.176. The molecule has 3 atom stereocenters. The van der Waals surface area contributed by atoms with Crippen LogP contribution < -0.4 is 15.0 Å². The Morgan fingerprint density at radius 1 is 1.00 bits per heavy atom. The first-order chi connectivity index (χ1) is 21.7. The second kappa shape index (κ2) is 14.8. The van der Waals surface area contributed by atoms with E-state index in [9.17, 15) is 35.2 Å². The highest BCUT2D eigenvalue weighted by Gasteiger charge is 2.35. The summed E-state index contributed by atoms with van der Waals surface area (Å²) in [6.45, 7) is -1.02. The molecule has 0 radical (unpaired) electrons. The molecule has 250 valence electrons. The highest BCUT2D eigenvalue weighted by Crippen LogP contribution is 2.33. The summed E-state index contributed by atoms with van der Waals surface area (Å²) >= 11 is 0. The first-order valence-corrected chi connectivity index (χ1v) is 16.2. The lowest BCUT2D eigenvalue weighted by molar-refractivity contribution is -0.137. The summed E-state index contributed by atoms with van der Waals surface area (Å²) in [5.41, 5.74) is 0.880. The molecule has 1 unspecified atom stereocenters. The van der Waals surface area contributed by atoms with Gasteiger partial charge in [0.1, 0.15) is 11.9 Å². The van der Waals surface area contributed by atoms with E-state index in [-0.39, 0.29) is 41.9 Å². The second-order valence-electron chi connectivity index (χ2n) is 11.2. The molecule has 0 bridgehead atoms. The zero-order valence-electron chi connectivity index (χ0n) is 25.5. The van der Waals surface area contributed by atoms with Gasteiger partial charge >= 0.3 is 12.8 Å². The van der Waals surface area contributed by atoms with Crippen LogP contribution in [0.15, 0.2) is 77.7 Å². The Balaban J connectivity index is 1.47. The molecule has 4 rings (SSSR count). The number of ether oxygens (including phenoxy) is 2. The summed E-state index contributed by atoms with van der Waals surface area (Å²) < 4.78 is 99.5. The van der Waals surface area contributed by atoms with E-state index in [1.807, 2.05) is 19.0 Å². The largest absolute Gasteiger partial charge is 0.489 e. The highest BCUT2D eigenvalue weighted by atomic mass is 32.2. The molecule has 1 aliphatic rings. The molecule has 14 heteroatoms. The molecule has 1 saturated heterocycles. The van der Waals surface area contributed by atoms with Gasteiger partial charge in [-0.15, -0.1) is 0 Å². The van der Waals surface area contributed by atoms with Crippen molar-refractivity contribution in [2.24, 2.45) is 0 Å². The van der Waals surface area contributed by atoms with Crippen LogP contribution in [0, 0.1) is 0 Å². The molecule has 1 heterocycles. The summed E-state index contributed by atoms with van der Waals surface area (Å²) in [6.07, 6.45) is -4.72. The zero-order valence-corrected chi connectivity index (χ0v) is 26.3. The van der Waals surface area contributed by atoms with Gasteiger partial charge in [0.25, 0.3) is 5.91 Å². The molecule has 1 aliphatic heterocycles. The first kappa shape index (κ1) is 35.1. The van der Waals surface area contributed by atoms with Crippen molar-refractivity contribution in [1.29, 1.82) is 0 Å². The number of hydrogen-bond donors (Lipinski definition) is 1. The van der Waals surface area contributed by atoms with Gasteiger partial charge in [0, 0.05) is 24.2 Å². The smallest absolute Gasteiger partial charge is 0.416 e. The van der Waals surface area contributed by atoms with Gasteiger partial charge in [-0.1, -0.05) is 19.1 Å². The summed E-state index contributed by atoms with van der Waals surface area (Å²) in [4.78, 5) is 17.2. The fraction of sp³-hybridized carbons (Fsp3) is 0.406. The van der Waals surface area contributed by atoms with E-state index < -0.39 is 46.4 Å². The molecule has 0 spiro atoms. The molecule has 0 aliphatic carbocycles. The number of benzene rings is 3. The van der Waals surface area contributed by atoms with Crippen LogP contribution in [0.3, 0.4) is 0 Å². The number of rotatable bonds is 13. The van der Waals surface area contributed by atoms with Crippen LogP contribution in [0.2, 0.25) is 0 Å². The second-order valence-corrected chi connectivity index (χ2v) is 13.5. The minimum Gasteiger partial charge on any atom is -0.489 e. The maximum Gasteiger partial charge on any atom is 0.416 e. The van der Waals surface area contributed by atoms with Crippen LogP contribution in [0.25, 0.3) is 0 Å².